The Bertz CT molecular complexity index is 312. The van der Waals surface area contributed by atoms with Crippen molar-refractivity contribution >= 4 is 0 Å². The van der Waals surface area contributed by atoms with Crippen molar-refractivity contribution in [2.75, 3.05) is 13.1 Å². The van der Waals surface area contributed by atoms with Gasteiger partial charge in [0.25, 0.3) is 0 Å². The number of aliphatic hydroxyl groups excluding tert-OH is 1. The van der Waals surface area contributed by atoms with Crippen molar-refractivity contribution in [3.8, 4) is 0 Å². The minimum Gasteiger partial charge on any atom is -0.386 e. The van der Waals surface area contributed by atoms with Crippen molar-refractivity contribution < 1.29 is 10.0 Å². The average molecular weight is 264 g/mol. The number of likely N-dealkylation sites (tertiary alicyclic amines) is 1. The molecular formula is C17H30NO+. The van der Waals surface area contributed by atoms with Crippen LogP contribution in [0.5, 0.6) is 0 Å². The molecule has 0 aromatic rings. The van der Waals surface area contributed by atoms with Gasteiger partial charge in [0, 0.05) is 18.3 Å². The van der Waals surface area contributed by atoms with Crippen LogP contribution >= 0.6 is 0 Å². The van der Waals surface area contributed by atoms with Gasteiger partial charge in [-0.2, -0.15) is 0 Å². The van der Waals surface area contributed by atoms with E-state index in [1.165, 1.54) is 64.5 Å². The van der Waals surface area contributed by atoms with Gasteiger partial charge in [-0.15, -0.1) is 0 Å². The Labute approximate surface area is 117 Å². The van der Waals surface area contributed by atoms with Gasteiger partial charge in [-0.1, -0.05) is 0 Å². The summed E-state index contributed by atoms with van der Waals surface area (Å²) in [4.78, 5) is 1.68. The molecule has 0 amide bonds. The highest BCUT2D eigenvalue weighted by Gasteiger charge is 2.56. The fraction of sp³-hybridized carbons (Fsp3) is 1.00. The summed E-state index contributed by atoms with van der Waals surface area (Å²) in [6.45, 7) is 4.92. The van der Waals surface area contributed by atoms with Crippen LogP contribution in [0.3, 0.4) is 0 Å². The molecule has 0 radical (unpaired) electrons. The standard InChI is InChI=1S/C17H29NO/c1-12(18-4-2-3-5-18)16(19)17-9-13-6-14(10-17)8-15(7-13)11-17/h12-16,19H,2-11H2,1H3/p+1/t12-,13?,14?,15?,16-,17?/m1/s1. The minimum absolute atomic E-state index is 0.0333. The fourth-order valence-corrected chi connectivity index (χ4v) is 6.58. The van der Waals surface area contributed by atoms with Crippen molar-refractivity contribution in [3.63, 3.8) is 0 Å². The van der Waals surface area contributed by atoms with Gasteiger partial charge in [0.2, 0.25) is 0 Å². The summed E-state index contributed by atoms with van der Waals surface area (Å²) in [7, 11) is 0. The molecule has 2 atom stereocenters. The van der Waals surface area contributed by atoms with Gasteiger partial charge in [0.05, 0.1) is 13.1 Å². The maximum Gasteiger partial charge on any atom is 0.111 e. The maximum atomic E-state index is 11.1. The van der Waals surface area contributed by atoms with E-state index >= 15 is 0 Å². The van der Waals surface area contributed by atoms with Crippen LogP contribution in [-0.4, -0.2) is 30.3 Å². The van der Waals surface area contributed by atoms with E-state index in [9.17, 15) is 5.11 Å². The number of nitrogens with one attached hydrogen (secondary N) is 1. The second-order valence-electron chi connectivity index (χ2n) is 8.38. The maximum absolute atomic E-state index is 11.1. The summed E-state index contributed by atoms with van der Waals surface area (Å²) >= 11 is 0. The first-order chi connectivity index (χ1) is 9.16. The molecule has 5 aliphatic rings. The monoisotopic (exact) mass is 264 g/mol. The van der Waals surface area contributed by atoms with E-state index in [0.717, 1.165) is 17.8 Å². The zero-order chi connectivity index (χ0) is 13.0. The van der Waals surface area contributed by atoms with Gasteiger partial charge < -0.3 is 10.0 Å². The van der Waals surface area contributed by atoms with Gasteiger partial charge in [0.15, 0.2) is 0 Å². The van der Waals surface area contributed by atoms with Gasteiger partial charge >= 0.3 is 0 Å². The predicted molar refractivity (Wildman–Crippen MR) is 76.0 cm³/mol. The van der Waals surface area contributed by atoms with Gasteiger partial charge in [0.1, 0.15) is 12.1 Å². The molecule has 2 heteroatoms. The van der Waals surface area contributed by atoms with Crippen LogP contribution in [0.1, 0.15) is 58.3 Å². The lowest BCUT2D eigenvalue weighted by Gasteiger charge is -2.59. The summed E-state index contributed by atoms with van der Waals surface area (Å²) in [5, 5.41) is 11.1. The Morgan fingerprint density at radius 1 is 0.947 bits per heavy atom. The van der Waals surface area contributed by atoms with Crippen molar-refractivity contribution in [1.29, 1.82) is 0 Å². The number of rotatable bonds is 3. The van der Waals surface area contributed by atoms with Gasteiger partial charge in [-0.05, 0) is 63.2 Å². The molecule has 5 fully saturated rings. The zero-order valence-electron chi connectivity index (χ0n) is 12.4. The number of hydrogen-bond acceptors (Lipinski definition) is 1. The van der Waals surface area contributed by atoms with Crippen molar-refractivity contribution in [1.82, 2.24) is 0 Å². The van der Waals surface area contributed by atoms with E-state index < -0.39 is 0 Å². The summed E-state index contributed by atoms with van der Waals surface area (Å²) in [5.74, 6) is 2.88. The van der Waals surface area contributed by atoms with Crippen LogP contribution < -0.4 is 4.90 Å². The second-order valence-corrected chi connectivity index (χ2v) is 8.38. The summed E-state index contributed by atoms with van der Waals surface area (Å²) in [5.41, 5.74) is 0.323. The lowest BCUT2D eigenvalue weighted by Crippen LogP contribution is -3.15. The van der Waals surface area contributed by atoms with Gasteiger partial charge in [-0.25, -0.2) is 0 Å². The minimum atomic E-state index is -0.0333. The molecule has 0 spiro atoms. The van der Waals surface area contributed by atoms with Gasteiger partial charge in [-0.3, -0.25) is 0 Å². The molecule has 19 heavy (non-hydrogen) atoms. The number of quaternary nitrogens is 1. The molecule has 1 aliphatic heterocycles. The molecule has 0 unspecified atom stereocenters. The average Bonchev–Trinajstić information content (AvgIpc) is 2.89. The second kappa shape index (κ2) is 4.46. The molecule has 2 N–H and O–H groups in total. The van der Waals surface area contributed by atoms with Crippen LogP contribution in [0.4, 0.5) is 0 Å². The highest BCUT2D eigenvalue weighted by molar-refractivity contribution is 5.05. The molecular weight excluding hydrogens is 234 g/mol. The van der Waals surface area contributed by atoms with E-state index in [-0.39, 0.29) is 6.10 Å². The number of hydrogen-bond donors (Lipinski definition) is 2. The summed E-state index contributed by atoms with van der Waals surface area (Å²) in [6, 6.07) is 0.471. The first-order valence-corrected chi connectivity index (χ1v) is 8.69. The van der Waals surface area contributed by atoms with Crippen LogP contribution in [0.25, 0.3) is 0 Å². The Kier molecular flexibility index (Phi) is 2.97. The smallest absolute Gasteiger partial charge is 0.111 e. The van der Waals surface area contributed by atoms with Crippen molar-refractivity contribution in [3.05, 3.63) is 0 Å². The largest absolute Gasteiger partial charge is 0.386 e. The SMILES string of the molecule is C[C@H]([C@@H](O)C12CC3CC(CC(C3)C1)C2)[NH+]1CCCC1. The highest BCUT2D eigenvalue weighted by Crippen LogP contribution is 2.61. The van der Waals surface area contributed by atoms with Crippen LogP contribution in [0, 0.1) is 23.2 Å². The Balaban J connectivity index is 1.53. The van der Waals surface area contributed by atoms with Crippen LogP contribution in [0.15, 0.2) is 0 Å². The highest BCUT2D eigenvalue weighted by atomic mass is 16.3. The van der Waals surface area contributed by atoms with Crippen LogP contribution in [-0.2, 0) is 0 Å². The zero-order valence-corrected chi connectivity index (χ0v) is 12.4. The van der Waals surface area contributed by atoms with E-state index in [1.54, 1.807) is 4.90 Å². The van der Waals surface area contributed by atoms with E-state index in [2.05, 4.69) is 6.92 Å². The van der Waals surface area contributed by atoms with Crippen LogP contribution in [0.2, 0.25) is 0 Å². The first kappa shape index (κ1) is 12.6. The molecule has 0 aromatic carbocycles. The molecule has 1 saturated heterocycles. The lowest BCUT2D eigenvalue weighted by atomic mass is 9.47. The molecule has 2 nitrogen and oxygen atoms in total. The summed E-state index contributed by atoms with van der Waals surface area (Å²) in [6.07, 6.45) is 11.2. The predicted octanol–water partition coefficient (Wildman–Crippen LogP) is 1.63. The van der Waals surface area contributed by atoms with E-state index in [1.807, 2.05) is 0 Å². The fourth-order valence-electron chi connectivity index (χ4n) is 6.58. The quantitative estimate of drug-likeness (QED) is 0.796. The van der Waals surface area contributed by atoms with Crippen molar-refractivity contribution in [2.45, 2.75) is 70.4 Å². The van der Waals surface area contributed by atoms with Crippen molar-refractivity contribution in [2.24, 2.45) is 23.2 Å². The Hall–Kier alpha value is -0.0800. The topological polar surface area (TPSA) is 24.7 Å². The third kappa shape index (κ3) is 1.98. The molecule has 5 rings (SSSR count). The molecule has 1 heterocycles. The lowest BCUT2D eigenvalue weighted by molar-refractivity contribution is -0.916. The number of aliphatic hydroxyl groups is 1. The molecule has 4 saturated carbocycles. The molecule has 4 aliphatic carbocycles. The Morgan fingerprint density at radius 3 is 1.89 bits per heavy atom. The molecule has 108 valence electrons. The molecule has 0 aromatic heterocycles. The van der Waals surface area contributed by atoms with E-state index in [4.69, 9.17) is 0 Å². The first-order valence-electron chi connectivity index (χ1n) is 8.69. The van der Waals surface area contributed by atoms with E-state index in [0.29, 0.717) is 11.5 Å². The third-order valence-electron chi connectivity index (χ3n) is 7.08. The summed E-state index contributed by atoms with van der Waals surface area (Å²) < 4.78 is 0. The Morgan fingerprint density at radius 2 is 1.42 bits per heavy atom. The third-order valence-corrected chi connectivity index (χ3v) is 7.08. The normalized spacial score (nSPS) is 48.6. The molecule has 4 bridgehead atoms.